The van der Waals surface area contributed by atoms with Crippen molar-refractivity contribution in [3.63, 3.8) is 0 Å². The predicted octanol–water partition coefficient (Wildman–Crippen LogP) is -5.49. The molecule has 15 amide bonds. The second kappa shape index (κ2) is 48.2. The van der Waals surface area contributed by atoms with Gasteiger partial charge < -0.3 is 122 Å². The molecule has 1 aromatic heterocycles. The number of ketones is 1. The number of ether oxygens (including phenoxy) is 1. The molecule has 0 bridgehead atoms. The molecule has 2 heterocycles. The average molecular weight is 1660 g/mol. The molecule has 118 heavy (non-hydrogen) atoms. The highest BCUT2D eigenvalue weighted by molar-refractivity contribution is 6.05. The molecule has 5 unspecified atom stereocenters. The number of Topliss-reactive ketones (excluding diaryl/α,β-unsaturated/α-hetero) is 1. The van der Waals surface area contributed by atoms with Gasteiger partial charge >= 0.3 is 29.8 Å². The number of para-hydroxylation sites is 2. The normalized spacial score (nSPS) is 21.2. The molecule has 14 atom stereocenters. The highest BCUT2D eigenvalue weighted by atomic mass is 16.5. The van der Waals surface area contributed by atoms with Crippen LogP contribution in [0.1, 0.15) is 153 Å². The van der Waals surface area contributed by atoms with Crippen LogP contribution in [0.2, 0.25) is 0 Å². The Labute approximate surface area is 674 Å². The van der Waals surface area contributed by atoms with Crippen molar-refractivity contribution < 1.29 is 126 Å². The van der Waals surface area contributed by atoms with Crippen molar-refractivity contribution in [3.8, 4) is 0 Å². The number of aliphatic carboxylic acids is 4. The molecule has 44 nitrogen and oxygen atoms in total. The summed E-state index contributed by atoms with van der Waals surface area (Å²) < 4.78 is 5.69. The van der Waals surface area contributed by atoms with Crippen molar-refractivity contribution in [2.24, 2.45) is 29.0 Å². The number of rotatable bonds is 36. The topological polar surface area (TPSA) is 725 Å². The van der Waals surface area contributed by atoms with E-state index in [0.29, 0.717) is 35.2 Å². The molecule has 1 aliphatic rings. The van der Waals surface area contributed by atoms with Gasteiger partial charge in [0.15, 0.2) is 5.78 Å². The first-order valence-corrected chi connectivity index (χ1v) is 37.7. The summed E-state index contributed by atoms with van der Waals surface area (Å²) in [6.07, 6.45) is -4.75. The Morgan fingerprint density at radius 3 is 1.68 bits per heavy atom. The molecule has 2 aromatic carbocycles. The van der Waals surface area contributed by atoms with Crippen molar-refractivity contribution in [2.45, 2.75) is 216 Å². The number of carboxylic acids is 4. The summed E-state index contributed by atoms with van der Waals surface area (Å²) in [5.41, 5.74) is 23.5. The quantitative estimate of drug-likeness (QED) is 0.0112. The van der Waals surface area contributed by atoms with Crippen LogP contribution in [-0.4, -0.2) is 242 Å². The minimum absolute atomic E-state index is 0.0279. The third kappa shape index (κ3) is 33.3. The molecule has 0 saturated carbocycles. The van der Waals surface area contributed by atoms with Crippen LogP contribution in [0.3, 0.4) is 0 Å². The minimum Gasteiger partial charge on any atom is -0.481 e. The number of nitrogens with one attached hydrogen (secondary N) is 14. The monoisotopic (exact) mass is 1660 g/mol. The van der Waals surface area contributed by atoms with Gasteiger partial charge in [-0.1, -0.05) is 83.2 Å². The van der Waals surface area contributed by atoms with Gasteiger partial charge in [0.05, 0.1) is 51.6 Å². The summed E-state index contributed by atoms with van der Waals surface area (Å²) in [5.74, 6) is -30.9. The van der Waals surface area contributed by atoms with E-state index >= 15 is 0 Å². The van der Waals surface area contributed by atoms with Crippen LogP contribution < -0.4 is 92.1 Å². The molecular formula is C74H104N18O26. The van der Waals surface area contributed by atoms with Gasteiger partial charge in [0.2, 0.25) is 88.6 Å². The number of carboxylic acid groups (broad SMARTS) is 4. The van der Waals surface area contributed by atoms with Crippen LogP contribution in [0.15, 0.2) is 54.7 Å². The van der Waals surface area contributed by atoms with Gasteiger partial charge in [-0.3, -0.25) is 95.9 Å². The molecule has 1 fully saturated rings. The number of hydrogen-bond donors (Lipinski definition) is 22. The van der Waals surface area contributed by atoms with E-state index < -0.39 is 267 Å². The Hall–Kier alpha value is -13.2. The maximum Gasteiger partial charge on any atom is 0.329 e. The molecule has 0 aliphatic carbocycles. The third-order valence-corrected chi connectivity index (χ3v) is 18.6. The Bertz CT molecular complexity index is 4190. The van der Waals surface area contributed by atoms with Crippen LogP contribution in [0, 0.1) is 11.8 Å². The lowest BCUT2D eigenvalue weighted by molar-refractivity contribution is -0.156. The lowest BCUT2D eigenvalue weighted by Crippen LogP contribution is -2.62. The summed E-state index contributed by atoms with van der Waals surface area (Å²) in [6.45, 7) is 4.48. The fraction of sp³-hybridized carbons (Fsp3) is 0.527. The second-order valence-electron chi connectivity index (χ2n) is 28.3. The number of unbranched alkanes of at least 4 members (excludes halogenated alkanes) is 3. The number of nitrogen functional groups attached to an aromatic ring is 1. The lowest BCUT2D eigenvalue weighted by atomic mass is 9.95. The van der Waals surface area contributed by atoms with Crippen LogP contribution in [0.4, 0.5) is 5.69 Å². The highest BCUT2D eigenvalue weighted by Gasteiger charge is 2.41. The Morgan fingerprint density at radius 1 is 0.534 bits per heavy atom. The zero-order valence-electron chi connectivity index (χ0n) is 65.5. The zero-order valence-corrected chi connectivity index (χ0v) is 65.5. The number of fused-ring (bicyclic) bond motifs is 1. The number of carbonyl (C=O) groups excluding carboxylic acids is 17. The average Bonchev–Trinajstić information content (AvgIpc) is 1.59. The molecule has 1 aliphatic heterocycles. The van der Waals surface area contributed by atoms with Gasteiger partial charge in [0.1, 0.15) is 72.6 Å². The number of benzene rings is 2. The van der Waals surface area contributed by atoms with E-state index in [1.165, 1.54) is 24.3 Å². The van der Waals surface area contributed by atoms with Crippen LogP contribution in [0.5, 0.6) is 0 Å². The Morgan fingerprint density at radius 2 is 1.08 bits per heavy atom. The molecular weight excluding hydrogens is 1560 g/mol. The van der Waals surface area contributed by atoms with Gasteiger partial charge in [-0.2, -0.15) is 0 Å². The van der Waals surface area contributed by atoms with E-state index in [1.807, 2.05) is 16.0 Å². The number of amides is 15. The Kier molecular flexibility index (Phi) is 39.7. The van der Waals surface area contributed by atoms with Crippen LogP contribution in [0.25, 0.3) is 10.9 Å². The number of nitrogens with two attached hydrogens (primary N) is 4. The van der Waals surface area contributed by atoms with Crippen LogP contribution in [-0.2, 0) is 107 Å². The van der Waals surface area contributed by atoms with E-state index in [4.69, 9.17) is 27.7 Å². The zero-order chi connectivity index (χ0) is 88.2. The molecule has 646 valence electrons. The van der Waals surface area contributed by atoms with Gasteiger partial charge in [0, 0.05) is 47.6 Å². The predicted molar refractivity (Wildman–Crippen MR) is 412 cm³/mol. The standard InChI is InChI=1S/C74H104N18O26/c1-6-35(2)16-9-7-8-10-22-55(96)84-45(25-39-32-79-43-20-14-12-17-40(39)43)68(111)87-47(28-54(78)95)69(112)89-50(31-61(105)106)71(114)92-63-38(5)118-74(117)51(26-52(93)41-18-11-13-19-42(41)76)90-73(116)62(36(3)24-58(99)100)91-70(113)46(27-53(77)94)85-57(98)33-80-65(108)48(29-59(101)102)86-64(107)37(4)82-67(110)49(30-60(103)104)88-66(109)44(21-15-23-75)83-56(97)34-81-72(63)115/h11-14,17-20,32,35-38,44-51,62-63,79H,6-10,15-16,21-31,33-34,75-76H2,1-5H3,(H2,77,94)(H2,78,95)(H,80,108)(H,81,115)(H,82,110)(H,83,97)(H,84,96)(H,85,98)(H,86,107)(H,87,111)(H,88,109)(H,89,112)(H,90,116)(H,91,113)(H,92,114)(H,99,100)(H,101,102)(H,103,104)(H,105,106)/t35?,36-,37-,38?,44+,45+,46-,47-,48+,49?,50+,51+,62?,63?/m1/s1. The van der Waals surface area contributed by atoms with Crippen LogP contribution >= 0.6 is 0 Å². The maximum atomic E-state index is 14.9. The maximum absolute atomic E-state index is 14.9. The number of esters is 1. The number of H-pyrrole nitrogens is 1. The second-order valence-corrected chi connectivity index (χ2v) is 28.3. The SMILES string of the molecule is CCC(C)CCCCCCC(=O)N[C@@H](Cc1c[nH]c2ccccc12)C(=O)N[C@H](CC(N)=O)C(=O)N[C@@H](CC(=O)O)C(=O)NC1C(=O)NCC(=O)N[C@@H](CCCN)C(=O)NC(CC(=O)O)C(=O)N[C@H](C)C(=O)N[C@@H](CC(=O)O)C(=O)NCC(=O)N[C@H](CC(N)=O)C(=O)NC([C@H](C)CC(=O)O)C(=O)N[C@@H](CC(=O)c2ccccc2N)C(=O)OC1C. The van der Waals surface area contributed by atoms with Crippen molar-refractivity contribution in [3.05, 3.63) is 65.9 Å². The van der Waals surface area contributed by atoms with Crippen molar-refractivity contribution in [1.29, 1.82) is 0 Å². The molecule has 4 rings (SSSR count). The summed E-state index contributed by atoms with van der Waals surface area (Å²) in [6, 6.07) is -10.8. The number of aromatic nitrogens is 1. The number of cyclic esters (lactones) is 1. The summed E-state index contributed by atoms with van der Waals surface area (Å²) >= 11 is 0. The van der Waals surface area contributed by atoms with Gasteiger partial charge in [-0.15, -0.1) is 0 Å². The van der Waals surface area contributed by atoms with Crippen molar-refractivity contribution in [1.82, 2.24) is 74.1 Å². The third-order valence-electron chi connectivity index (χ3n) is 18.6. The molecule has 1 saturated heterocycles. The van der Waals surface area contributed by atoms with Crippen molar-refractivity contribution in [2.75, 3.05) is 25.4 Å². The number of aromatic amines is 1. The Balaban J connectivity index is 1.89. The van der Waals surface area contributed by atoms with Gasteiger partial charge in [0.25, 0.3) is 0 Å². The van der Waals surface area contributed by atoms with E-state index in [9.17, 15) is 121 Å². The highest BCUT2D eigenvalue weighted by Crippen LogP contribution is 2.22. The number of anilines is 1. The van der Waals surface area contributed by atoms with Gasteiger partial charge in [-0.25, -0.2) is 4.79 Å². The van der Waals surface area contributed by atoms with E-state index in [1.54, 1.807) is 30.5 Å². The fourth-order valence-corrected chi connectivity index (χ4v) is 12.0. The fourth-order valence-electron chi connectivity index (χ4n) is 12.0. The summed E-state index contributed by atoms with van der Waals surface area (Å²) in [5, 5.41) is 68.4. The molecule has 0 spiro atoms. The molecule has 26 N–H and O–H groups in total. The number of carbonyl (C=O) groups is 21. The van der Waals surface area contributed by atoms with Gasteiger partial charge in [-0.05, 0) is 75.3 Å². The first-order valence-electron chi connectivity index (χ1n) is 37.7. The molecule has 44 heteroatoms. The van der Waals surface area contributed by atoms with E-state index in [0.717, 1.165) is 46.5 Å². The van der Waals surface area contributed by atoms with E-state index in [-0.39, 0.29) is 37.1 Å². The minimum atomic E-state index is -2.47. The lowest BCUT2D eigenvalue weighted by Gasteiger charge is -2.30. The molecule has 3 aromatic rings. The first-order chi connectivity index (χ1) is 55.6. The molecule has 0 radical (unpaired) electrons. The van der Waals surface area contributed by atoms with Crippen molar-refractivity contribution >= 4 is 141 Å². The summed E-state index contributed by atoms with van der Waals surface area (Å²) in [7, 11) is 0. The smallest absolute Gasteiger partial charge is 0.329 e. The van der Waals surface area contributed by atoms with E-state index in [2.05, 4.69) is 72.0 Å². The number of primary amides is 2. The number of hydrogen-bond acceptors (Lipinski definition) is 24. The first kappa shape index (κ1) is 97.2. The summed E-state index contributed by atoms with van der Waals surface area (Å²) in [4.78, 5) is 290. The largest absolute Gasteiger partial charge is 0.481 e.